The average Bonchev–Trinajstić information content (AvgIpc) is 3.07. The van der Waals surface area contributed by atoms with Crippen molar-refractivity contribution >= 4 is 22.4 Å². The van der Waals surface area contributed by atoms with Gasteiger partial charge in [-0.1, -0.05) is 25.3 Å². The van der Waals surface area contributed by atoms with Crippen LogP contribution in [0.3, 0.4) is 0 Å². The quantitative estimate of drug-likeness (QED) is 0.867. The fourth-order valence-corrected chi connectivity index (χ4v) is 4.33. The molecule has 0 atom stereocenters. The Bertz CT molecular complexity index is 724. The maximum atomic E-state index is 4.61. The van der Waals surface area contributed by atoms with Gasteiger partial charge in [0, 0.05) is 19.3 Å². The number of aromatic amines is 1. The van der Waals surface area contributed by atoms with Gasteiger partial charge in [0.25, 0.3) is 0 Å². The molecule has 0 aromatic carbocycles. The Hall–Kier alpha value is -1.84. The van der Waals surface area contributed by atoms with Crippen LogP contribution in [0.25, 0.3) is 16.6 Å². The highest BCUT2D eigenvalue weighted by Gasteiger charge is 2.19. The lowest BCUT2D eigenvalue weighted by atomic mass is 9.89. The number of anilines is 1. The second kappa shape index (κ2) is 6.96. The highest BCUT2D eigenvalue weighted by molar-refractivity contribution is 5.90. The van der Waals surface area contributed by atoms with E-state index in [1.165, 1.54) is 69.1 Å². The fraction of sp³-hybridized carbons (Fsp3) is 0.600. The summed E-state index contributed by atoms with van der Waals surface area (Å²) in [5.74, 6) is 1.89. The van der Waals surface area contributed by atoms with Crippen molar-refractivity contribution in [2.75, 3.05) is 18.5 Å². The molecule has 1 fully saturated rings. The molecule has 1 N–H and O–H groups in total. The van der Waals surface area contributed by atoms with E-state index < -0.39 is 0 Å². The molecule has 0 radical (unpaired) electrons. The molecule has 0 amide bonds. The molecular weight excluding hydrogens is 296 g/mol. The van der Waals surface area contributed by atoms with E-state index in [0.29, 0.717) is 0 Å². The third-order valence-electron chi connectivity index (χ3n) is 5.66. The van der Waals surface area contributed by atoms with Gasteiger partial charge in [-0.2, -0.15) is 0 Å². The van der Waals surface area contributed by atoms with E-state index >= 15 is 0 Å². The van der Waals surface area contributed by atoms with Crippen molar-refractivity contribution in [3.05, 3.63) is 24.2 Å². The van der Waals surface area contributed by atoms with Gasteiger partial charge in [-0.25, -0.2) is 9.97 Å². The highest BCUT2D eigenvalue weighted by Crippen LogP contribution is 2.32. The van der Waals surface area contributed by atoms with Crippen molar-refractivity contribution in [1.82, 2.24) is 15.0 Å². The molecule has 2 aromatic rings. The van der Waals surface area contributed by atoms with E-state index in [4.69, 9.17) is 0 Å². The second-order valence-corrected chi connectivity index (χ2v) is 7.50. The molecule has 0 spiro atoms. The Morgan fingerprint density at radius 1 is 1.12 bits per heavy atom. The number of nitrogens with zero attached hydrogens (tertiary/aromatic N) is 3. The summed E-state index contributed by atoms with van der Waals surface area (Å²) in [4.78, 5) is 14.9. The predicted octanol–water partition coefficient (Wildman–Crippen LogP) is 4.93. The summed E-state index contributed by atoms with van der Waals surface area (Å²) >= 11 is 0. The summed E-state index contributed by atoms with van der Waals surface area (Å²) in [5, 5.41) is 1.16. The van der Waals surface area contributed by atoms with Crippen LogP contribution in [0, 0.1) is 5.92 Å². The van der Waals surface area contributed by atoms with E-state index in [-0.39, 0.29) is 0 Å². The second-order valence-electron chi connectivity index (χ2n) is 7.50. The van der Waals surface area contributed by atoms with Crippen molar-refractivity contribution < 1.29 is 0 Å². The van der Waals surface area contributed by atoms with Gasteiger partial charge in [-0.3, -0.25) is 0 Å². The standard InChI is InChI=1S/C20H28N4/c1-24(13-15-8-4-2-5-9-15)20-17-12-18(16-10-6-3-7-11-16)23-19(17)21-14-22-20/h10,12,14-15H,2-9,11,13H2,1H3,(H,21,22,23). The Balaban J connectivity index is 1.60. The normalized spacial score (nSPS) is 19.5. The third-order valence-corrected chi connectivity index (χ3v) is 5.66. The van der Waals surface area contributed by atoms with Gasteiger partial charge in [-0.15, -0.1) is 0 Å². The minimum Gasteiger partial charge on any atom is -0.359 e. The lowest BCUT2D eigenvalue weighted by Gasteiger charge is -2.27. The topological polar surface area (TPSA) is 44.8 Å². The number of rotatable bonds is 4. The van der Waals surface area contributed by atoms with Crippen LogP contribution in [0.1, 0.15) is 63.5 Å². The zero-order valence-electron chi connectivity index (χ0n) is 14.7. The minimum atomic E-state index is 0.813. The molecule has 0 bridgehead atoms. The SMILES string of the molecule is CN(CC1CCCCC1)c1ncnc2[nH]c(C3=CCCCC3)cc12. The van der Waals surface area contributed by atoms with Crippen LogP contribution in [0.2, 0.25) is 0 Å². The lowest BCUT2D eigenvalue weighted by molar-refractivity contribution is 0.362. The molecule has 24 heavy (non-hydrogen) atoms. The Labute approximate surface area is 144 Å². The van der Waals surface area contributed by atoms with Crippen LogP contribution in [0.4, 0.5) is 5.82 Å². The molecule has 0 unspecified atom stereocenters. The Morgan fingerprint density at radius 2 is 2.00 bits per heavy atom. The third kappa shape index (κ3) is 3.19. The summed E-state index contributed by atoms with van der Waals surface area (Å²) in [6.07, 6.45) is 16.0. The maximum Gasteiger partial charge on any atom is 0.143 e. The number of fused-ring (bicyclic) bond motifs is 1. The molecule has 0 aliphatic heterocycles. The zero-order valence-corrected chi connectivity index (χ0v) is 14.7. The van der Waals surface area contributed by atoms with Crippen molar-refractivity contribution in [1.29, 1.82) is 0 Å². The zero-order chi connectivity index (χ0) is 16.4. The van der Waals surface area contributed by atoms with E-state index in [0.717, 1.165) is 29.3 Å². The fourth-order valence-electron chi connectivity index (χ4n) is 4.33. The van der Waals surface area contributed by atoms with Crippen LogP contribution in [-0.4, -0.2) is 28.5 Å². The molecule has 4 nitrogen and oxygen atoms in total. The first kappa shape index (κ1) is 15.7. The number of hydrogen-bond acceptors (Lipinski definition) is 3. The van der Waals surface area contributed by atoms with Gasteiger partial charge < -0.3 is 9.88 Å². The number of allylic oxidation sites excluding steroid dienone is 2. The summed E-state index contributed by atoms with van der Waals surface area (Å²) in [6.45, 7) is 1.11. The molecular formula is C20H28N4. The van der Waals surface area contributed by atoms with Crippen LogP contribution in [0.15, 0.2) is 18.5 Å². The minimum absolute atomic E-state index is 0.813. The maximum absolute atomic E-state index is 4.61. The molecule has 2 aliphatic rings. The van der Waals surface area contributed by atoms with Gasteiger partial charge in [0.2, 0.25) is 0 Å². The molecule has 4 heteroatoms. The summed E-state index contributed by atoms with van der Waals surface area (Å²) in [5.41, 5.74) is 3.65. The van der Waals surface area contributed by atoms with E-state index in [1.807, 2.05) is 0 Å². The first-order valence-electron chi connectivity index (χ1n) is 9.55. The van der Waals surface area contributed by atoms with Crippen molar-refractivity contribution in [2.45, 2.75) is 57.8 Å². The van der Waals surface area contributed by atoms with Crippen LogP contribution < -0.4 is 4.90 Å². The lowest BCUT2D eigenvalue weighted by Crippen LogP contribution is -2.27. The molecule has 2 aliphatic carbocycles. The number of hydrogen-bond donors (Lipinski definition) is 1. The summed E-state index contributed by atoms with van der Waals surface area (Å²) in [6, 6.07) is 2.26. The number of H-pyrrole nitrogens is 1. The van der Waals surface area contributed by atoms with Gasteiger partial charge in [0.05, 0.1) is 5.39 Å². The van der Waals surface area contributed by atoms with Crippen LogP contribution in [0.5, 0.6) is 0 Å². The molecule has 2 heterocycles. The summed E-state index contributed by atoms with van der Waals surface area (Å²) in [7, 11) is 2.18. The first-order chi connectivity index (χ1) is 11.8. The largest absolute Gasteiger partial charge is 0.359 e. The molecule has 2 aromatic heterocycles. The van der Waals surface area contributed by atoms with Gasteiger partial charge >= 0.3 is 0 Å². The van der Waals surface area contributed by atoms with Gasteiger partial charge in [0.15, 0.2) is 0 Å². The Kier molecular flexibility index (Phi) is 4.54. The Morgan fingerprint density at radius 3 is 2.79 bits per heavy atom. The molecule has 128 valence electrons. The highest BCUT2D eigenvalue weighted by atomic mass is 15.2. The molecule has 0 saturated heterocycles. The van der Waals surface area contributed by atoms with Gasteiger partial charge in [0.1, 0.15) is 17.8 Å². The number of aromatic nitrogens is 3. The monoisotopic (exact) mass is 324 g/mol. The summed E-state index contributed by atoms with van der Waals surface area (Å²) < 4.78 is 0. The van der Waals surface area contributed by atoms with E-state index in [2.05, 4.69) is 39.0 Å². The smallest absolute Gasteiger partial charge is 0.143 e. The van der Waals surface area contributed by atoms with Crippen LogP contribution >= 0.6 is 0 Å². The number of nitrogens with one attached hydrogen (secondary N) is 1. The van der Waals surface area contributed by atoms with Crippen molar-refractivity contribution in [3.8, 4) is 0 Å². The van der Waals surface area contributed by atoms with E-state index in [1.54, 1.807) is 6.33 Å². The van der Waals surface area contributed by atoms with Gasteiger partial charge in [-0.05, 0) is 56.1 Å². The van der Waals surface area contributed by atoms with Crippen molar-refractivity contribution in [2.24, 2.45) is 5.92 Å². The first-order valence-corrected chi connectivity index (χ1v) is 9.55. The molecule has 4 rings (SSSR count). The average molecular weight is 324 g/mol. The van der Waals surface area contributed by atoms with E-state index in [9.17, 15) is 0 Å². The predicted molar refractivity (Wildman–Crippen MR) is 100 cm³/mol. The molecule has 1 saturated carbocycles. The van der Waals surface area contributed by atoms with Crippen molar-refractivity contribution in [3.63, 3.8) is 0 Å². The van der Waals surface area contributed by atoms with Crippen LogP contribution in [-0.2, 0) is 0 Å².